The van der Waals surface area contributed by atoms with Crippen molar-refractivity contribution in [1.29, 1.82) is 0 Å². The standard InChI is InChI=1S/C10H6ClF2NO2S/c11-17(15,16)9-3-1-2-7-6(9)4-5-8(14-7)10(12)13/h1-5,10H. The summed E-state index contributed by atoms with van der Waals surface area (Å²) in [6, 6.07) is 6.51. The first-order valence-corrected chi connectivity index (χ1v) is 6.83. The maximum absolute atomic E-state index is 12.4. The van der Waals surface area contributed by atoms with Crippen LogP contribution in [0.5, 0.6) is 0 Å². The Labute approximate surface area is 100 Å². The molecule has 17 heavy (non-hydrogen) atoms. The van der Waals surface area contributed by atoms with Crippen LogP contribution in [0.25, 0.3) is 10.9 Å². The average molecular weight is 278 g/mol. The van der Waals surface area contributed by atoms with Crippen LogP contribution in [-0.2, 0) is 9.05 Å². The van der Waals surface area contributed by atoms with E-state index >= 15 is 0 Å². The van der Waals surface area contributed by atoms with Gasteiger partial charge in [-0.3, -0.25) is 0 Å². The molecule has 0 aliphatic heterocycles. The van der Waals surface area contributed by atoms with Crippen molar-refractivity contribution < 1.29 is 17.2 Å². The summed E-state index contributed by atoms with van der Waals surface area (Å²) < 4.78 is 47.4. The number of hydrogen-bond acceptors (Lipinski definition) is 3. The van der Waals surface area contributed by atoms with Gasteiger partial charge in [0.05, 0.1) is 10.4 Å². The van der Waals surface area contributed by atoms with E-state index in [1.807, 2.05) is 0 Å². The number of alkyl halides is 2. The van der Waals surface area contributed by atoms with Crippen molar-refractivity contribution in [2.24, 2.45) is 0 Å². The van der Waals surface area contributed by atoms with Gasteiger partial charge in [-0.2, -0.15) is 0 Å². The van der Waals surface area contributed by atoms with Gasteiger partial charge < -0.3 is 0 Å². The van der Waals surface area contributed by atoms with Crippen molar-refractivity contribution in [3.8, 4) is 0 Å². The second kappa shape index (κ2) is 4.19. The first-order chi connectivity index (χ1) is 7.89. The Hall–Kier alpha value is -1.27. The third-order valence-corrected chi connectivity index (χ3v) is 3.58. The van der Waals surface area contributed by atoms with E-state index in [-0.39, 0.29) is 15.8 Å². The zero-order chi connectivity index (χ0) is 12.6. The number of benzene rings is 1. The molecule has 0 fully saturated rings. The number of fused-ring (bicyclic) bond motifs is 1. The second-order valence-corrected chi connectivity index (χ2v) is 5.83. The zero-order valence-corrected chi connectivity index (χ0v) is 9.84. The summed E-state index contributed by atoms with van der Waals surface area (Å²) in [5, 5.41) is 0.229. The molecule has 90 valence electrons. The van der Waals surface area contributed by atoms with Crippen LogP contribution < -0.4 is 0 Å². The summed E-state index contributed by atoms with van der Waals surface area (Å²) in [6.45, 7) is 0. The lowest BCUT2D eigenvalue weighted by atomic mass is 10.2. The van der Waals surface area contributed by atoms with Gasteiger partial charge in [-0.1, -0.05) is 6.07 Å². The van der Waals surface area contributed by atoms with E-state index in [0.717, 1.165) is 6.07 Å². The minimum Gasteiger partial charge on any atom is -0.247 e. The van der Waals surface area contributed by atoms with E-state index in [9.17, 15) is 17.2 Å². The fourth-order valence-corrected chi connectivity index (χ4v) is 2.56. The van der Waals surface area contributed by atoms with E-state index in [1.54, 1.807) is 0 Å². The molecule has 0 aliphatic rings. The summed E-state index contributed by atoms with van der Waals surface area (Å²) in [5.74, 6) is 0. The molecule has 0 amide bonds. The van der Waals surface area contributed by atoms with Gasteiger partial charge in [0, 0.05) is 16.1 Å². The number of nitrogens with zero attached hydrogens (tertiary/aromatic N) is 1. The summed E-state index contributed by atoms with van der Waals surface area (Å²) in [5.41, 5.74) is -0.230. The summed E-state index contributed by atoms with van der Waals surface area (Å²) >= 11 is 0. The van der Waals surface area contributed by atoms with Crippen LogP contribution in [0.15, 0.2) is 35.2 Å². The molecule has 2 rings (SSSR count). The fraction of sp³-hybridized carbons (Fsp3) is 0.100. The molecule has 0 bridgehead atoms. The van der Waals surface area contributed by atoms with Gasteiger partial charge in [0.25, 0.3) is 15.5 Å². The topological polar surface area (TPSA) is 47.0 Å². The molecule has 0 atom stereocenters. The van der Waals surface area contributed by atoms with E-state index in [4.69, 9.17) is 10.7 Å². The molecule has 0 saturated carbocycles. The highest BCUT2D eigenvalue weighted by atomic mass is 35.7. The molecule has 7 heteroatoms. The Kier molecular flexibility index (Phi) is 3.01. The Morgan fingerprint density at radius 1 is 1.18 bits per heavy atom. The smallest absolute Gasteiger partial charge is 0.247 e. The van der Waals surface area contributed by atoms with Gasteiger partial charge in [0.15, 0.2) is 0 Å². The fourth-order valence-electron chi connectivity index (χ4n) is 1.48. The molecule has 0 saturated heterocycles. The molecule has 0 spiro atoms. The quantitative estimate of drug-likeness (QED) is 0.793. The molecule has 3 nitrogen and oxygen atoms in total. The predicted octanol–water partition coefficient (Wildman–Crippen LogP) is 3.10. The Balaban J connectivity index is 2.76. The van der Waals surface area contributed by atoms with Crippen molar-refractivity contribution in [2.75, 3.05) is 0 Å². The number of pyridine rings is 1. The number of hydrogen-bond donors (Lipinski definition) is 0. The van der Waals surface area contributed by atoms with Crippen molar-refractivity contribution in [3.63, 3.8) is 0 Å². The van der Waals surface area contributed by atoms with E-state index in [2.05, 4.69) is 4.98 Å². The van der Waals surface area contributed by atoms with Crippen LogP contribution in [0.3, 0.4) is 0 Å². The maximum atomic E-state index is 12.4. The van der Waals surface area contributed by atoms with Crippen molar-refractivity contribution in [2.45, 2.75) is 11.3 Å². The highest BCUT2D eigenvalue weighted by Crippen LogP contribution is 2.26. The van der Waals surface area contributed by atoms with Crippen molar-refractivity contribution >= 4 is 30.6 Å². The molecule has 0 aliphatic carbocycles. The van der Waals surface area contributed by atoms with Crippen LogP contribution in [0.1, 0.15) is 12.1 Å². The Morgan fingerprint density at radius 3 is 2.47 bits per heavy atom. The number of aromatic nitrogens is 1. The number of rotatable bonds is 2. The zero-order valence-electron chi connectivity index (χ0n) is 8.27. The summed E-state index contributed by atoms with van der Waals surface area (Å²) in [6.07, 6.45) is -2.70. The van der Waals surface area contributed by atoms with E-state index < -0.39 is 21.2 Å². The predicted molar refractivity (Wildman–Crippen MR) is 59.7 cm³/mol. The Bertz CT molecular complexity index is 673. The summed E-state index contributed by atoms with van der Waals surface area (Å²) in [7, 11) is 1.32. The van der Waals surface area contributed by atoms with Gasteiger partial charge >= 0.3 is 0 Å². The largest absolute Gasteiger partial charge is 0.280 e. The normalized spacial score (nSPS) is 12.2. The van der Waals surface area contributed by atoms with Gasteiger partial charge in [-0.15, -0.1) is 0 Å². The van der Waals surface area contributed by atoms with E-state index in [0.29, 0.717) is 0 Å². The van der Waals surface area contributed by atoms with Crippen molar-refractivity contribution in [1.82, 2.24) is 4.98 Å². The van der Waals surface area contributed by atoms with Gasteiger partial charge in [-0.25, -0.2) is 22.2 Å². The molecular formula is C10H6ClF2NO2S. The first kappa shape index (κ1) is 12.2. The molecule has 1 aromatic heterocycles. The average Bonchev–Trinajstić information content (AvgIpc) is 2.26. The molecule has 0 unspecified atom stereocenters. The van der Waals surface area contributed by atoms with Gasteiger partial charge in [0.1, 0.15) is 5.69 Å². The lowest BCUT2D eigenvalue weighted by Gasteiger charge is -2.04. The van der Waals surface area contributed by atoms with E-state index in [1.165, 1.54) is 24.3 Å². The minimum absolute atomic E-state index is 0.134. The van der Waals surface area contributed by atoms with Crippen LogP contribution >= 0.6 is 10.7 Å². The van der Waals surface area contributed by atoms with Crippen molar-refractivity contribution in [3.05, 3.63) is 36.0 Å². The highest BCUT2D eigenvalue weighted by molar-refractivity contribution is 8.14. The number of halogens is 3. The third-order valence-electron chi connectivity index (χ3n) is 2.20. The molecule has 0 N–H and O–H groups in total. The molecule has 2 aromatic rings. The van der Waals surface area contributed by atoms with Gasteiger partial charge in [-0.05, 0) is 24.3 Å². The Morgan fingerprint density at radius 2 is 1.88 bits per heavy atom. The second-order valence-electron chi connectivity index (χ2n) is 3.30. The lowest BCUT2D eigenvalue weighted by molar-refractivity contribution is 0.146. The molecule has 0 radical (unpaired) electrons. The van der Waals surface area contributed by atoms with Crippen LogP contribution in [-0.4, -0.2) is 13.4 Å². The minimum atomic E-state index is -3.92. The first-order valence-electron chi connectivity index (χ1n) is 4.52. The van der Waals surface area contributed by atoms with Crippen LogP contribution in [0.2, 0.25) is 0 Å². The van der Waals surface area contributed by atoms with Gasteiger partial charge in [0.2, 0.25) is 0 Å². The molecule has 1 aromatic carbocycles. The summed E-state index contributed by atoms with van der Waals surface area (Å²) in [4.78, 5) is 3.54. The van der Waals surface area contributed by atoms with Crippen LogP contribution in [0, 0.1) is 0 Å². The SMILES string of the molecule is O=S(=O)(Cl)c1cccc2nc(C(F)F)ccc12. The third kappa shape index (κ3) is 2.37. The molecular weight excluding hydrogens is 272 g/mol. The van der Waals surface area contributed by atoms with Crippen LogP contribution in [0.4, 0.5) is 8.78 Å². The highest BCUT2D eigenvalue weighted by Gasteiger charge is 2.16. The lowest BCUT2D eigenvalue weighted by Crippen LogP contribution is -1.95. The maximum Gasteiger partial charge on any atom is 0.280 e. The molecule has 1 heterocycles. The monoisotopic (exact) mass is 277 g/mol.